The van der Waals surface area contributed by atoms with E-state index in [0.29, 0.717) is 13.0 Å². The number of carbonyl (C=O) groups is 1. The van der Waals surface area contributed by atoms with Gasteiger partial charge < -0.3 is 20.1 Å². The van der Waals surface area contributed by atoms with Crippen molar-refractivity contribution in [2.75, 3.05) is 33.0 Å². The summed E-state index contributed by atoms with van der Waals surface area (Å²) in [6, 6.07) is 0. The van der Waals surface area contributed by atoms with Gasteiger partial charge in [0.15, 0.2) is 0 Å². The number of nitrogens with two attached hydrogens (primary N) is 1. The number of phosphoric ester groups is 1. The van der Waals surface area contributed by atoms with E-state index < -0.39 is 13.9 Å². The lowest BCUT2D eigenvalue weighted by Gasteiger charge is -2.20. The summed E-state index contributed by atoms with van der Waals surface area (Å²) in [5, 5.41) is 0. The molecule has 51 heavy (non-hydrogen) atoms. The van der Waals surface area contributed by atoms with Gasteiger partial charge in [0.1, 0.15) is 6.10 Å². The fraction of sp³-hybridized carbons (Fsp3) is 0.786. The molecule has 0 rings (SSSR count). The minimum absolute atomic E-state index is 0.0976. The molecule has 0 aliphatic heterocycles. The van der Waals surface area contributed by atoms with Crippen molar-refractivity contribution in [3.8, 4) is 0 Å². The Labute approximate surface area is 313 Å². The van der Waals surface area contributed by atoms with Crippen LogP contribution >= 0.6 is 7.82 Å². The maximum atomic E-state index is 12.6. The van der Waals surface area contributed by atoms with Crippen molar-refractivity contribution >= 4 is 13.8 Å². The van der Waals surface area contributed by atoms with Crippen LogP contribution in [0.2, 0.25) is 0 Å². The van der Waals surface area contributed by atoms with Gasteiger partial charge in [0, 0.05) is 19.6 Å². The van der Waals surface area contributed by atoms with Gasteiger partial charge in [-0.3, -0.25) is 13.8 Å². The van der Waals surface area contributed by atoms with Gasteiger partial charge in [0.25, 0.3) is 0 Å². The predicted molar refractivity (Wildman–Crippen MR) is 215 cm³/mol. The van der Waals surface area contributed by atoms with Crippen LogP contribution in [0.4, 0.5) is 0 Å². The molecule has 0 radical (unpaired) electrons. The topological polar surface area (TPSA) is 117 Å². The van der Waals surface area contributed by atoms with E-state index in [0.717, 1.165) is 64.2 Å². The van der Waals surface area contributed by atoms with Crippen molar-refractivity contribution in [1.29, 1.82) is 0 Å². The molecule has 0 aromatic carbocycles. The first-order valence-electron chi connectivity index (χ1n) is 20.6. The number of hydrogen-bond donors (Lipinski definition) is 2. The third-order valence-electron chi connectivity index (χ3n) is 8.51. The van der Waals surface area contributed by atoms with Crippen molar-refractivity contribution < 1.29 is 32.8 Å². The number of hydrogen-bond acceptors (Lipinski definition) is 7. The molecule has 0 aromatic heterocycles. The molecule has 2 atom stereocenters. The van der Waals surface area contributed by atoms with Crippen molar-refractivity contribution in [3.63, 3.8) is 0 Å². The number of phosphoric acid groups is 1. The lowest BCUT2D eigenvalue weighted by atomic mass is 10.1. The molecule has 0 fully saturated rings. The van der Waals surface area contributed by atoms with Crippen LogP contribution in [-0.4, -0.2) is 49.9 Å². The van der Waals surface area contributed by atoms with E-state index in [1.807, 2.05) is 0 Å². The summed E-state index contributed by atoms with van der Waals surface area (Å²) in [5.74, 6) is -0.339. The molecule has 0 aliphatic carbocycles. The number of rotatable bonds is 39. The molecule has 3 N–H and O–H groups in total. The predicted octanol–water partition coefficient (Wildman–Crippen LogP) is 12.0. The molecule has 0 bridgehead atoms. The van der Waals surface area contributed by atoms with Gasteiger partial charge in [0.05, 0.1) is 19.8 Å². The minimum Gasteiger partial charge on any atom is -0.457 e. The fourth-order valence-electron chi connectivity index (χ4n) is 5.52. The van der Waals surface area contributed by atoms with Crippen molar-refractivity contribution in [2.24, 2.45) is 5.73 Å². The first-order valence-corrected chi connectivity index (χ1v) is 22.1. The van der Waals surface area contributed by atoms with Gasteiger partial charge in [-0.2, -0.15) is 0 Å². The number of esters is 1. The second kappa shape index (κ2) is 39.7. The zero-order valence-electron chi connectivity index (χ0n) is 32.8. The van der Waals surface area contributed by atoms with E-state index in [2.05, 4.69) is 62.5 Å². The van der Waals surface area contributed by atoms with Crippen LogP contribution in [0.25, 0.3) is 0 Å². The van der Waals surface area contributed by atoms with Gasteiger partial charge in [-0.1, -0.05) is 165 Å². The summed E-state index contributed by atoms with van der Waals surface area (Å²) in [7, 11) is -4.27. The molecule has 8 nitrogen and oxygen atoms in total. The standard InChI is InChI=1S/C42H78NO7P/c1-3-5-7-9-11-13-15-16-17-18-19-20-21-22-23-24-25-27-29-31-33-35-42(44)50-41(40-49-51(45,46)48-38-36-43)39-47-37-34-32-30-28-26-14-12-10-8-6-4-2/h5,7,11,13,16-17,19-20,41H,3-4,6,8-10,12,14-15,18,21-40,43H2,1-2H3,(H,45,46)/b7-5-,13-11-,17-16-,20-19-. The molecule has 0 amide bonds. The van der Waals surface area contributed by atoms with E-state index >= 15 is 0 Å². The van der Waals surface area contributed by atoms with Crippen LogP contribution in [0.3, 0.4) is 0 Å². The normalized spacial score (nSPS) is 14.0. The number of unbranched alkanes of at least 4 members (excludes halogenated alkanes) is 18. The Morgan fingerprint density at radius 1 is 0.608 bits per heavy atom. The van der Waals surface area contributed by atoms with E-state index in [-0.39, 0.29) is 32.3 Å². The number of carbonyl (C=O) groups excluding carboxylic acids is 1. The summed E-state index contributed by atoms with van der Waals surface area (Å²) in [6.45, 7) is 4.80. The third kappa shape index (κ3) is 39.5. The zero-order chi connectivity index (χ0) is 37.4. The van der Waals surface area contributed by atoms with Crippen molar-refractivity contribution in [2.45, 2.75) is 180 Å². The lowest BCUT2D eigenvalue weighted by Crippen LogP contribution is -2.28. The maximum absolute atomic E-state index is 12.6. The zero-order valence-corrected chi connectivity index (χ0v) is 33.7. The molecule has 0 aromatic rings. The third-order valence-corrected chi connectivity index (χ3v) is 9.49. The van der Waals surface area contributed by atoms with Crippen LogP contribution in [0.15, 0.2) is 48.6 Å². The maximum Gasteiger partial charge on any atom is 0.472 e. The molecular formula is C42H78NO7P. The van der Waals surface area contributed by atoms with Gasteiger partial charge in [-0.05, 0) is 51.4 Å². The molecule has 9 heteroatoms. The highest BCUT2D eigenvalue weighted by Crippen LogP contribution is 2.43. The Morgan fingerprint density at radius 3 is 1.65 bits per heavy atom. The summed E-state index contributed by atoms with van der Waals surface area (Å²) >= 11 is 0. The highest BCUT2D eigenvalue weighted by molar-refractivity contribution is 7.47. The van der Waals surface area contributed by atoms with Crippen LogP contribution in [0.1, 0.15) is 174 Å². The molecule has 0 heterocycles. The van der Waals surface area contributed by atoms with Crippen LogP contribution < -0.4 is 5.73 Å². The quantitative estimate of drug-likeness (QED) is 0.0277. The Morgan fingerprint density at radius 2 is 1.10 bits per heavy atom. The van der Waals surface area contributed by atoms with Crippen LogP contribution in [0.5, 0.6) is 0 Å². The van der Waals surface area contributed by atoms with Crippen LogP contribution in [0, 0.1) is 0 Å². The highest BCUT2D eigenvalue weighted by Gasteiger charge is 2.25. The highest BCUT2D eigenvalue weighted by atomic mass is 31.2. The number of allylic oxidation sites excluding steroid dienone is 8. The van der Waals surface area contributed by atoms with E-state index in [1.54, 1.807) is 0 Å². The SMILES string of the molecule is CC/C=C\C/C=C\C/C=C\C/C=C\CCCCCCCCCCC(=O)OC(COCCCCCCCCCCCCC)COP(=O)(O)OCCN. The van der Waals surface area contributed by atoms with E-state index in [9.17, 15) is 14.3 Å². The summed E-state index contributed by atoms with van der Waals surface area (Å²) in [6.07, 6.45) is 45.5. The number of ether oxygens (including phenoxy) is 2. The minimum atomic E-state index is -4.27. The molecule has 2 unspecified atom stereocenters. The summed E-state index contributed by atoms with van der Waals surface area (Å²) in [4.78, 5) is 22.4. The van der Waals surface area contributed by atoms with E-state index in [4.69, 9.17) is 24.3 Å². The second-order valence-corrected chi connectivity index (χ2v) is 14.9. The Bertz CT molecular complexity index is 921. The molecule has 0 aliphatic rings. The molecular weight excluding hydrogens is 661 g/mol. The lowest BCUT2D eigenvalue weighted by molar-refractivity contribution is -0.154. The molecule has 0 saturated carbocycles. The van der Waals surface area contributed by atoms with Crippen LogP contribution in [-0.2, 0) is 27.9 Å². The van der Waals surface area contributed by atoms with Gasteiger partial charge in [0.2, 0.25) is 0 Å². The smallest absolute Gasteiger partial charge is 0.457 e. The average Bonchev–Trinajstić information content (AvgIpc) is 3.12. The van der Waals surface area contributed by atoms with Crippen molar-refractivity contribution in [1.82, 2.24) is 0 Å². The Hall–Kier alpha value is -1.54. The monoisotopic (exact) mass is 740 g/mol. The van der Waals surface area contributed by atoms with Gasteiger partial charge >= 0.3 is 13.8 Å². The summed E-state index contributed by atoms with van der Waals surface area (Å²) < 4.78 is 33.3. The van der Waals surface area contributed by atoms with Crippen molar-refractivity contribution in [3.05, 3.63) is 48.6 Å². The van der Waals surface area contributed by atoms with Gasteiger partial charge in [-0.15, -0.1) is 0 Å². The molecule has 0 saturated heterocycles. The van der Waals surface area contributed by atoms with E-state index in [1.165, 1.54) is 89.9 Å². The summed E-state index contributed by atoms with van der Waals surface area (Å²) in [5.41, 5.74) is 5.36. The first kappa shape index (κ1) is 49.5. The first-order chi connectivity index (χ1) is 24.9. The fourth-order valence-corrected chi connectivity index (χ4v) is 6.28. The van der Waals surface area contributed by atoms with Gasteiger partial charge in [-0.25, -0.2) is 4.57 Å². The Balaban J connectivity index is 4.03. The largest absolute Gasteiger partial charge is 0.472 e. The molecule has 0 spiro atoms. The second-order valence-electron chi connectivity index (χ2n) is 13.5. The molecule has 298 valence electrons. The Kier molecular flexibility index (Phi) is 38.5. The average molecular weight is 740 g/mol.